The first-order chi connectivity index (χ1) is 8.19. The molecule has 96 valence electrons. The molecule has 0 spiro atoms. The van der Waals surface area contributed by atoms with Crippen LogP contribution in [0, 0.1) is 12.7 Å². The standard InChI is InChI=1S/C14H22FNO/c1-4-8-16-14(7-9-17-3)12-6-5-11(2)13(15)10-12/h5-6,10,14,16H,4,7-9H2,1-3H3. The molecule has 0 radical (unpaired) electrons. The summed E-state index contributed by atoms with van der Waals surface area (Å²) in [6, 6.07) is 5.61. The molecule has 1 atom stereocenters. The number of rotatable bonds is 7. The topological polar surface area (TPSA) is 21.3 Å². The Balaban J connectivity index is 2.75. The first-order valence-electron chi connectivity index (χ1n) is 6.17. The van der Waals surface area contributed by atoms with E-state index >= 15 is 0 Å². The van der Waals surface area contributed by atoms with E-state index in [1.165, 1.54) is 0 Å². The minimum absolute atomic E-state index is 0.136. The van der Waals surface area contributed by atoms with Crippen molar-refractivity contribution in [1.82, 2.24) is 5.32 Å². The minimum Gasteiger partial charge on any atom is -0.385 e. The zero-order chi connectivity index (χ0) is 12.7. The molecule has 0 fully saturated rings. The maximum Gasteiger partial charge on any atom is 0.126 e. The number of halogens is 1. The number of hydrogen-bond acceptors (Lipinski definition) is 2. The van der Waals surface area contributed by atoms with Gasteiger partial charge in [-0.05, 0) is 43.5 Å². The third kappa shape index (κ3) is 4.44. The van der Waals surface area contributed by atoms with E-state index in [0.29, 0.717) is 12.2 Å². The highest BCUT2D eigenvalue weighted by Gasteiger charge is 2.11. The monoisotopic (exact) mass is 239 g/mol. The Kier molecular flexibility index (Phi) is 6.16. The van der Waals surface area contributed by atoms with Gasteiger partial charge in [0.05, 0.1) is 0 Å². The van der Waals surface area contributed by atoms with E-state index in [-0.39, 0.29) is 11.9 Å². The molecule has 0 bridgehead atoms. The molecule has 0 saturated carbocycles. The number of nitrogens with one attached hydrogen (secondary N) is 1. The largest absolute Gasteiger partial charge is 0.385 e. The smallest absolute Gasteiger partial charge is 0.126 e. The molecule has 0 aliphatic heterocycles. The van der Waals surface area contributed by atoms with Crippen molar-refractivity contribution < 1.29 is 9.13 Å². The molecule has 3 heteroatoms. The first-order valence-corrected chi connectivity index (χ1v) is 6.17. The molecular weight excluding hydrogens is 217 g/mol. The Bertz CT molecular complexity index is 333. The highest BCUT2D eigenvalue weighted by molar-refractivity contribution is 5.25. The van der Waals surface area contributed by atoms with Gasteiger partial charge in [0.2, 0.25) is 0 Å². The SMILES string of the molecule is CCCNC(CCOC)c1ccc(C)c(F)c1. The Morgan fingerprint density at radius 3 is 2.76 bits per heavy atom. The molecule has 2 nitrogen and oxygen atoms in total. The van der Waals surface area contributed by atoms with Crippen LogP contribution in [-0.2, 0) is 4.74 Å². The van der Waals surface area contributed by atoms with Crippen molar-refractivity contribution in [2.24, 2.45) is 0 Å². The second-order valence-electron chi connectivity index (χ2n) is 4.30. The highest BCUT2D eigenvalue weighted by Crippen LogP contribution is 2.19. The maximum absolute atomic E-state index is 13.5. The van der Waals surface area contributed by atoms with Gasteiger partial charge in [0, 0.05) is 19.8 Å². The zero-order valence-corrected chi connectivity index (χ0v) is 10.9. The van der Waals surface area contributed by atoms with Crippen LogP contribution in [0.1, 0.15) is 36.9 Å². The summed E-state index contributed by atoms with van der Waals surface area (Å²) in [6.07, 6.45) is 1.93. The quantitative estimate of drug-likeness (QED) is 0.789. The number of ether oxygens (including phenoxy) is 1. The van der Waals surface area contributed by atoms with Crippen molar-refractivity contribution in [2.45, 2.75) is 32.7 Å². The number of aryl methyl sites for hydroxylation is 1. The predicted octanol–water partition coefficient (Wildman–Crippen LogP) is 3.21. The van der Waals surface area contributed by atoms with Gasteiger partial charge in [0.25, 0.3) is 0 Å². The summed E-state index contributed by atoms with van der Waals surface area (Å²) < 4.78 is 18.6. The van der Waals surface area contributed by atoms with E-state index in [1.54, 1.807) is 20.1 Å². The van der Waals surface area contributed by atoms with E-state index in [1.807, 2.05) is 12.1 Å². The maximum atomic E-state index is 13.5. The molecule has 1 unspecified atom stereocenters. The number of hydrogen-bond donors (Lipinski definition) is 1. The Morgan fingerprint density at radius 2 is 2.18 bits per heavy atom. The van der Waals surface area contributed by atoms with Crippen molar-refractivity contribution in [3.8, 4) is 0 Å². The van der Waals surface area contributed by atoms with Crippen LogP contribution in [0.5, 0.6) is 0 Å². The van der Waals surface area contributed by atoms with Gasteiger partial charge < -0.3 is 10.1 Å². The molecular formula is C14H22FNO. The van der Waals surface area contributed by atoms with Gasteiger partial charge in [-0.3, -0.25) is 0 Å². The Morgan fingerprint density at radius 1 is 1.41 bits per heavy atom. The summed E-state index contributed by atoms with van der Waals surface area (Å²) in [7, 11) is 1.69. The summed E-state index contributed by atoms with van der Waals surface area (Å²) in [6.45, 7) is 5.51. The van der Waals surface area contributed by atoms with Crippen LogP contribution in [0.4, 0.5) is 4.39 Å². The zero-order valence-electron chi connectivity index (χ0n) is 10.9. The molecule has 0 aliphatic rings. The lowest BCUT2D eigenvalue weighted by atomic mass is 10.0. The Labute approximate surface area is 103 Å². The van der Waals surface area contributed by atoms with E-state index in [4.69, 9.17) is 4.74 Å². The average Bonchev–Trinajstić information content (AvgIpc) is 2.33. The van der Waals surface area contributed by atoms with E-state index in [0.717, 1.165) is 24.9 Å². The lowest BCUT2D eigenvalue weighted by molar-refractivity contribution is 0.183. The third-order valence-electron chi connectivity index (χ3n) is 2.85. The van der Waals surface area contributed by atoms with E-state index in [9.17, 15) is 4.39 Å². The molecule has 17 heavy (non-hydrogen) atoms. The predicted molar refractivity (Wildman–Crippen MR) is 68.7 cm³/mol. The van der Waals surface area contributed by atoms with Crippen LogP contribution in [0.2, 0.25) is 0 Å². The van der Waals surface area contributed by atoms with Crippen LogP contribution in [0.15, 0.2) is 18.2 Å². The van der Waals surface area contributed by atoms with Crippen molar-refractivity contribution in [3.05, 3.63) is 35.1 Å². The Hall–Kier alpha value is -0.930. The van der Waals surface area contributed by atoms with Crippen molar-refractivity contribution in [3.63, 3.8) is 0 Å². The van der Waals surface area contributed by atoms with Gasteiger partial charge in [-0.1, -0.05) is 19.1 Å². The van der Waals surface area contributed by atoms with Crippen LogP contribution >= 0.6 is 0 Å². The molecule has 1 aromatic carbocycles. The summed E-state index contributed by atoms with van der Waals surface area (Å²) in [5.41, 5.74) is 1.69. The first kappa shape index (κ1) is 14.1. The van der Waals surface area contributed by atoms with E-state index < -0.39 is 0 Å². The lowest BCUT2D eigenvalue weighted by Crippen LogP contribution is -2.23. The number of benzene rings is 1. The van der Waals surface area contributed by atoms with Gasteiger partial charge in [0.15, 0.2) is 0 Å². The van der Waals surface area contributed by atoms with Crippen molar-refractivity contribution in [2.75, 3.05) is 20.3 Å². The highest BCUT2D eigenvalue weighted by atomic mass is 19.1. The number of methoxy groups -OCH3 is 1. The van der Waals surface area contributed by atoms with Crippen LogP contribution in [0.25, 0.3) is 0 Å². The molecule has 0 aromatic heterocycles. The van der Waals surface area contributed by atoms with Gasteiger partial charge in [-0.25, -0.2) is 4.39 Å². The van der Waals surface area contributed by atoms with Crippen LogP contribution < -0.4 is 5.32 Å². The average molecular weight is 239 g/mol. The van der Waals surface area contributed by atoms with Crippen LogP contribution in [-0.4, -0.2) is 20.3 Å². The molecule has 1 aromatic rings. The minimum atomic E-state index is -0.136. The second-order valence-corrected chi connectivity index (χ2v) is 4.30. The fraction of sp³-hybridized carbons (Fsp3) is 0.571. The molecule has 1 rings (SSSR count). The second kappa shape index (κ2) is 7.41. The molecule has 0 heterocycles. The molecule has 0 saturated heterocycles. The molecule has 0 aliphatic carbocycles. The van der Waals surface area contributed by atoms with Crippen molar-refractivity contribution in [1.29, 1.82) is 0 Å². The summed E-state index contributed by atoms with van der Waals surface area (Å²) >= 11 is 0. The fourth-order valence-electron chi connectivity index (χ4n) is 1.77. The summed E-state index contributed by atoms with van der Waals surface area (Å²) in [5.74, 6) is -0.136. The summed E-state index contributed by atoms with van der Waals surface area (Å²) in [5, 5.41) is 3.42. The normalized spacial score (nSPS) is 12.7. The molecule has 1 N–H and O–H groups in total. The van der Waals surface area contributed by atoms with Gasteiger partial charge in [-0.15, -0.1) is 0 Å². The van der Waals surface area contributed by atoms with E-state index in [2.05, 4.69) is 12.2 Å². The molecule has 0 amide bonds. The van der Waals surface area contributed by atoms with Gasteiger partial charge >= 0.3 is 0 Å². The summed E-state index contributed by atoms with van der Waals surface area (Å²) in [4.78, 5) is 0. The van der Waals surface area contributed by atoms with Crippen LogP contribution in [0.3, 0.4) is 0 Å². The van der Waals surface area contributed by atoms with Gasteiger partial charge in [-0.2, -0.15) is 0 Å². The lowest BCUT2D eigenvalue weighted by Gasteiger charge is -2.19. The third-order valence-corrected chi connectivity index (χ3v) is 2.85. The van der Waals surface area contributed by atoms with Gasteiger partial charge in [0.1, 0.15) is 5.82 Å². The fourth-order valence-corrected chi connectivity index (χ4v) is 1.77. The van der Waals surface area contributed by atoms with Crippen molar-refractivity contribution >= 4 is 0 Å².